The lowest BCUT2D eigenvalue weighted by Gasteiger charge is -2.15. The average molecular weight is 299 g/mol. The maximum atomic E-state index is 2.36. The molecule has 0 heterocycles. The second-order valence-corrected chi connectivity index (χ2v) is 6.73. The van der Waals surface area contributed by atoms with Gasteiger partial charge in [-0.05, 0) is 39.0 Å². The van der Waals surface area contributed by atoms with E-state index >= 15 is 0 Å². The highest BCUT2D eigenvalue weighted by Crippen LogP contribution is 2.22. The van der Waals surface area contributed by atoms with Crippen LogP contribution in [0, 0.1) is 12.8 Å². The second-order valence-electron chi connectivity index (χ2n) is 6.73. The highest BCUT2D eigenvalue weighted by Gasteiger charge is 2.05. The van der Waals surface area contributed by atoms with Crippen LogP contribution < -0.4 is 0 Å². The number of hydrogen-bond donors (Lipinski definition) is 0. The van der Waals surface area contributed by atoms with Crippen LogP contribution in [-0.4, -0.2) is 0 Å². The maximum Gasteiger partial charge on any atom is -0.0317 e. The summed E-state index contributed by atoms with van der Waals surface area (Å²) in [4.78, 5) is 0. The van der Waals surface area contributed by atoms with Gasteiger partial charge in [-0.3, -0.25) is 0 Å². The Morgan fingerprint density at radius 3 is 2.05 bits per heavy atom. The van der Waals surface area contributed by atoms with Crippen LogP contribution in [0.2, 0.25) is 0 Å². The first-order valence-electron chi connectivity index (χ1n) is 9.02. The number of hydrogen-bond acceptors (Lipinski definition) is 0. The summed E-state index contributed by atoms with van der Waals surface area (Å²) < 4.78 is 0. The van der Waals surface area contributed by atoms with E-state index in [1.54, 1.807) is 0 Å². The summed E-state index contributed by atoms with van der Waals surface area (Å²) in [6.45, 7) is 6.63. The van der Waals surface area contributed by atoms with Gasteiger partial charge >= 0.3 is 0 Å². The van der Waals surface area contributed by atoms with Crippen LogP contribution in [0.1, 0.15) is 70.8 Å². The minimum Gasteiger partial charge on any atom is -0.0845 e. The van der Waals surface area contributed by atoms with Crippen LogP contribution in [0.4, 0.5) is 0 Å². The molecule has 0 nitrogen and oxygen atoms in total. The monoisotopic (exact) mass is 298 g/mol. The standard InChI is InChI=1S/C8H12.C7H14.C7H8/c1-8-6-4-2-3-5-7-8;2*1-7-5-3-2-4-6-7/h2,4,6H,3,5,7H2,1H3;7H,2-6H2,1H3;2-6H,1H3. The summed E-state index contributed by atoms with van der Waals surface area (Å²) in [7, 11) is 0. The topological polar surface area (TPSA) is 0 Å². The van der Waals surface area contributed by atoms with Crippen LogP contribution >= 0.6 is 0 Å². The van der Waals surface area contributed by atoms with Gasteiger partial charge in [0.05, 0.1) is 0 Å². The number of allylic oxidation sites excluding steroid dienone is 4. The molecule has 0 spiro atoms. The molecular formula is C22H34. The highest BCUT2D eigenvalue weighted by atomic mass is 14.1. The van der Waals surface area contributed by atoms with E-state index in [9.17, 15) is 0 Å². The molecule has 1 aromatic rings. The van der Waals surface area contributed by atoms with Crippen molar-refractivity contribution in [2.45, 2.75) is 72.1 Å². The van der Waals surface area contributed by atoms with Crippen molar-refractivity contribution in [1.29, 1.82) is 0 Å². The summed E-state index contributed by atoms with van der Waals surface area (Å²) in [5, 5.41) is 0. The molecule has 122 valence electrons. The molecule has 0 heteroatoms. The SMILES string of the molecule is CC1=CC=CCCC1.CC1CCCCC1.Cc1ccccc1. The minimum absolute atomic E-state index is 1.04. The van der Waals surface area contributed by atoms with Gasteiger partial charge in [0.25, 0.3) is 0 Å². The van der Waals surface area contributed by atoms with E-state index in [4.69, 9.17) is 0 Å². The third kappa shape index (κ3) is 10.4. The summed E-state index contributed by atoms with van der Waals surface area (Å²) in [5.74, 6) is 1.04. The van der Waals surface area contributed by atoms with E-state index in [-0.39, 0.29) is 0 Å². The molecule has 0 bridgehead atoms. The molecule has 1 saturated carbocycles. The Hall–Kier alpha value is -1.30. The summed E-state index contributed by atoms with van der Waals surface area (Å²) in [6, 6.07) is 10.3. The van der Waals surface area contributed by atoms with Crippen LogP contribution in [-0.2, 0) is 0 Å². The predicted octanol–water partition coefficient (Wildman–Crippen LogP) is 7.25. The molecule has 0 unspecified atom stereocenters. The second kappa shape index (κ2) is 12.3. The quantitative estimate of drug-likeness (QED) is 0.473. The summed E-state index contributed by atoms with van der Waals surface area (Å²) in [6.07, 6.45) is 17.9. The van der Waals surface area contributed by atoms with Crippen molar-refractivity contribution in [3.63, 3.8) is 0 Å². The fourth-order valence-electron chi connectivity index (χ4n) is 2.75. The van der Waals surface area contributed by atoms with Gasteiger partial charge in [-0.1, -0.05) is 98.7 Å². The fraction of sp³-hybridized carbons (Fsp3) is 0.545. The lowest BCUT2D eigenvalue weighted by atomic mass is 9.91. The van der Waals surface area contributed by atoms with Gasteiger partial charge in [-0.15, -0.1) is 0 Å². The Morgan fingerprint density at radius 2 is 1.55 bits per heavy atom. The lowest BCUT2D eigenvalue weighted by molar-refractivity contribution is 0.385. The molecule has 0 amide bonds. The molecule has 0 atom stereocenters. The largest absolute Gasteiger partial charge is 0.0845 e. The number of benzene rings is 1. The van der Waals surface area contributed by atoms with E-state index in [0.717, 1.165) is 5.92 Å². The molecule has 0 aromatic heterocycles. The molecule has 0 N–H and O–H groups in total. The maximum absolute atomic E-state index is 2.36. The summed E-state index contributed by atoms with van der Waals surface area (Å²) >= 11 is 0. The van der Waals surface area contributed by atoms with Crippen LogP contribution in [0.5, 0.6) is 0 Å². The van der Waals surface area contributed by atoms with Crippen LogP contribution in [0.3, 0.4) is 0 Å². The average Bonchev–Trinajstić information content (AvgIpc) is 2.78. The Kier molecular flexibility index (Phi) is 10.5. The third-order valence-electron chi connectivity index (χ3n) is 4.29. The first-order chi connectivity index (χ1) is 10.7. The minimum atomic E-state index is 1.04. The highest BCUT2D eigenvalue weighted by molar-refractivity contribution is 5.12. The Labute approximate surface area is 138 Å². The van der Waals surface area contributed by atoms with Crippen molar-refractivity contribution in [3.05, 3.63) is 59.7 Å². The Balaban J connectivity index is 0.000000166. The first-order valence-corrected chi connectivity index (χ1v) is 9.02. The Bertz CT molecular complexity index is 419. The number of aryl methyl sites for hydroxylation is 1. The van der Waals surface area contributed by atoms with Gasteiger partial charge in [0.1, 0.15) is 0 Å². The van der Waals surface area contributed by atoms with Crippen molar-refractivity contribution in [2.75, 3.05) is 0 Å². The number of rotatable bonds is 0. The Morgan fingerprint density at radius 1 is 0.864 bits per heavy atom. The molecule has 2 aliphatic carbocycles. The van der Waals surface area contributed by atoms with E-state index in [1.807, 2.05) is 18.2 Å². The van der Waals surface area contributed by atoms with Crippen molar-refractivity contribution < 1.29 is 0 Å². The smallest absolute Gasteiger partial charge is 0.0317 e. The van der Waals surface area contributed by atoms with Gasteiger partial charge in [0.2, 0.25) is 0 Å². The van der Waals surface area contributed by atoms with Gasteiger partial charge in [-0.2, -0.15) is 0 Å². The molecule has 0 aliphatic heterocycles. The van der Waals surface area contributed by atoms with Crippen molar-refractivity contribution in [2.24, 2.45) is 5.92 Å². The van der Waals surface area contributed by atoms with E-state index in [1.165, 1.54) is 62.5 Å². The van der Waals surface area contributed by atoms with E-state index < -0.39 is 0 Å². The lowest BCUT2D eigenvalue weighted by Crippen LogP contribution is -1.99. The zero-order chi connectivity index (χ0) is 16.0. The van der Waals surface area contributed by atoms with Crippen molar-refractivity contribution in [1.82, 2.24) is 0 Å². The molecule has 0 saturated heterocycles. The molecule has 0 radical (unpaired) electrons. The molecule has 3 rings (SSSR count). The van der Waals surface area contributed by atoms with Gasteiger partial charge in [0, 0.05) is 0 Å². The first kappa shape index (κ1) is 18.7. The molecule has 2 aliphatic rings. The molecule has 1 aromatic carbocycles. The van der Waals surface area contributed by atoms with Gasteiger partial charge in [-0.25, -0.2) is 0 Å². The van der Waals surface area contributed by atoms with Crippen LogP contribution in [0.15, 0.2) is 54.1 Å². The third-order valence-corrected chi connectivity index (χ3v) is 4.29. The zero-order valence-electron chi connectivity index (χ0n) is 14.9. The van der Waals surface area contributed by atoms with E-state index in [2.05, 4.69) is 51.1 Å². The van der Waals surface area contributed by atoms with Crippen molar-refractivity contribution >= 4 is 0 Å². The summed E-state index contributed by atoms with van der Waals surface area (Å²) in [5.41, 5.74) is 2.83. The van der Waals surface area contributed by atoms with Crippen molar-refractivity contribution in [3.8, 4) is 0 Å². The van der Waals surface area contributed by atoms with E-state index in [0.29, 0.717) is 0 Å². The van der Waals surface area contributed by atoms with Crippen LogP contribution in [0.25, 0.3) is 0 Å². The van der Waals surface area contributed by atoms with Gasteiger partial charge in [0.15, 0.2) is 0 Å². The van der Waals surface area contributed by atoms with Gasteiger partial charge < -0.3 is 0 Å². The fourth-order valence-corrected chi connectivity index (χ4v) is 2.75. The molecule has 1 fully saturated rings. The molecular weight excluding hydrogens is 264 g/mol. The normalized spacial score (nSPS) is 18.0. The predicted molar refractivity (Wildman–Crippen MR) is 100 cm³/mol. The zero-order valence-corrected chi connectivity index (χ0v) is 14.9. The molecule has 22 heavy (non-hydrogen) atoms.